The maximum absolute atomic E-state index is 12.2. The third-order valence-electron chi connectivity index (χ3n) is 4.82. The molecule has 0 aliphatic carbocycles. The van der Waals surface area contributed by atoms with Crippen molar-refractivity contribution in [3.63, 3.8) is 0 Å². The third kappa shape index (κ3) is 5.28. The monoisotopic (exact) mass is 396 g/mol. The van der Waals surface area contributed by atoms with E-state index in [1.807, 2.05) is 58.0 Å². The van der Waals surface area contributed by atoms with Crippen LogP contribution in [0.3, 0.4) is 0 Å². The van der Waals surface area contributed by atoms with Crippen molar-refractivity contribution in [3.8, 4) is 11.1 Å². The lowest BCUT2D eigenvalue weighted by Gasteiger charge is -2.36. The van der Waals surface area contributed by atoms with Crippen molar-refractivity contribution >= 4 is 17.7 Å². The number of carboxylic acid groups (broad SMARTS) is 1. The van der Waals surface area contributed by atoms with Crippen LogP contribution in [0.5, 0.6) is 0 Å². The number of ether oxygens (including phenoxy) is 1. The number of hydrogen-bond donors (Lipinski definition) is 1. The molecule has 0 saturated carbocycles. The average Bonchev–Trinajstić information content (AvgIpc) is 2.66. The van der Waals surface area contributed by atoms with Gasteiger partial charge >= 0.3 is 12.1 Å². The molecule has 0 radical (unpaired) electrons. The number of anilines is 1. The molecule has 2 aromatic carbocycles. The molecule has 1 fully saturated rings. The molecule has 3 rings (SSSR count). The summed E-state index contributed by atoms with van der Waals surface area (Å²) in [6.07, 6.45) is -0.263. The lowest BCUT2D eigenvalue weighted by atomic mass is 10.00. The second kappa shape index (κ2) is 8.15. The third-order valence-corrected chi connectivity index (χ3v) is 4.82. The van der Waals surface area contributed by atoms with Gasteiger partial charge in [-0.25, -0.2) is 9.59 Å². The van der Waals surface area contributed by atoms with Crippen LogP contribution in [0.25, 0.3) is 11.1 Å². The van der Waals surface area contributed by atoms with E-state index in [9.17, 15) is 14.7 Å². The molecule has 0 bridgehead atoms. The summed E-state index contributed by atoms with van der Waals surface area (Å²) >= 11 is 0. The minimum Gasteiger partial charge on any atom is -0.478 e. The highest BCUT2D eigenvalue weighted by Crippen LogP contribution is 2.26. The van der Waals surface area contributed by atoms with Gasteiger partial charge in [-0.15, -0.1) is 0 Å². The molecular formula is C23H28N2O4. The van der Waals surface area contributed by atoms with E-state index in [1.165, 1.54) is 0 Å². The summed E-state index contributed by atoms with van der Waals surface area (Å²) in [5, 5.41) is 9.27. The molecule has 0 unspecified atom stereocenters. The molecule has 1 aliphatic heterocycles. The maximum Gasteiger partial charge on any atom is 0.410 e. The van der Waals surface area contributed by atoms with E-state index in [-0.39, 0.29) is 6.09 Å². The number of benzene rings is 2. The minimum atomic E-state index is -0.922. The van der Waals surface area contributed by atoms with Crippen LogP contribution in [-0.2, 0) is 4.74 Å². The van der Waals surface area contributed by atoms with Crippen LogP contribution in [-0.4, -0.2) is 53.8 Å². The van der Waals surface area contributed by atoms with Crippen LogP contribution in [0.1, 0.15) is 36.7 Å². The molecule has 0 atom stereocenters. The Morgan fingerprint density at radius 2 is 1.55 bits per heavy atom. The molecule has 29 heavy (non-hydrogen) atoms. The van der Waals surface area contributed by atoms with Crippen LogP contribution in [0.2, 0.25) is 0 Å². The highest BCUT2D eigenvalue weighted by Gasteiger charge is 2.25. The Morgan fingerprint density at radius 3 is 2.10 bits per heavy atom. The normalized spacial score (nSPS) is 14.6. The number of aryl methyl sites for hydroxylation is 1. The van der Waals surface area contributed by atoms with Gasteiger partial charge in [0.05, 0.1) is 5.56 Å². The van der Waals surface area contributed by atoms with E-state index in [0.29, 0.717) is 18.7 Å². The largest absolute Gasteiger partial charge is 0.478 e. The summed E-state index contributed by atoms with van der Waals surface area (Å²) in [4.78, 5) is 27.5. The van der Waals surface area contributed by atoms with Gasteiger partial charge in [0.2, 0.25) is 0 Å². The van der Waals surface area contributed by atoms with Crippen molar-refractivity contribution in [2.75, 3.05) is 31.1 Å². The molecule has 1 N–H and O–H groups in total. The first kappa shape index (κ1) is 20.7. The number of amides is 1. The summed E-state index contributed by atoms with van der Waals surface area (Å²) < 4.78 is 5.45. The maximum atomic E-state index is 12.2. The standard InChI is InChI=1S/C23H28N2O4/c1-16-13-18(15-19(14-16)21(26)27)17-5-7-20(8-6-17)24-9-11-25(12-10-24)22(28)29-23(2,3)4/h5-8,13-15H,9-12H2,1-4H3,(H,26,27). The fourth-order valence-corrected chi connectivity index (χ4v) is 3.41. The summed E-state index contributed by atoms with van der Waals surface area (Å²) in [5.41, 5.74) is 3.68. The number of carbonyl (C=O) groups excluding carboxylic acids is 1. The van der Waals surface area contributed by atoms with Crippen LogP contribution >= 0.6 is 0 Å². The fraction of sp³-hybridized carbons (Fsp3) is 0.391. The number of carboxylic acids is 1. The molecule has 6 nitrogen and oxygen atoms in total. The first-order valence-corrected chi connectivity index (χ1v) is 9.81. The predicted molar refractivity (Wildman–Crippen MR) is 114 cm³/mol. The molecule has 0 aromatic heterocycles. The van der Waals surface area contributed by atoms with Gasteiger partial charge in [0, 0.05) is 31.9 Å². The second-order valence-electron chi connectivity index (χ2n) is 8.39. The Morgan fingerprint density at radius 1 is 0.931 bits per heavy atom. The minimum absolute atomic E-state index is 0.263. The van der Waals surface area contributed by atoms with Crippen molar-refractivity contribution in [1.29, 1.82) is 0 Å². The fourth-order valence-electron chi connectivity index (χ4n) is 3.41. The smallest absolute Gasteiger partial charge is 0.410 e. The SMILES string of the molecule is Cc1cc(C(=O)O)cc(-c2ccc(N3CCN(C(=O)OC(C)(C)C)CC3)cc2)c1. The first-order valence-electron chi connectivity index (χ1n) is 9.81. The van der Waals surface area contributed by atoms with Gasteiger partial charge in [0.15, 0.2) is 0 Å². The molecule has 6 heteroatoms. The van der Waals surface area contributed by atoms with E-state index >= 15 is 0 Å². The number of piperazine rings is 1. The van der Waals surface area contributed by atoms with Crippen LogP contribution in [0.4, 0.5) is 10.5 Å². The number of carbonyl (C=O) groups is 2. The molecule has 154 valence electrons. The molecule has 2 aromatic rings. The number of hydrogen-bond acceptors (Lipinski definition) is 4. The lowest BCUT2D eigenvalue weighted by molar-refractivity contribution is 0.0240. The Labute approximate surface area is 171 Å². The second-order valence-corrected chi connectivity index (χ2v) is 8.39. The van der Waals surface area contributed by atoms with Crippen LogP contribution < -0.4 is 4.90 Å². The molecular weight excluding hydrogens is 368 g/mol. The van der Waals surface area contributed by atoms with Crippen molar-refractivity contribution in [3.05, 3.63) is 53.6 Å². The summed E-state index contributed by atoms with van der Waals surface area (Å²) in [6, 6.07) is 13.5. The van der Waals surface area contributed by atoms with Gasteiger partial charge in [-0.3, -0.25) is 0 Å². The van der Waals surface area contributed by atoms with Gasteiger partial charge in [-0.2, -0.15) is 0 Å². The van der Waals surface area contributed by atoms with Gasteiger partial charge in [0.25, 0.3) is 0 Å². The van der Waals surface area contributed by atoms with Gasteiger partial charge in [-0.05, 0) is 68.7 Å². The van der Waals surface area contributed by atoms with Crippen molar-refractivity contribution in [2.45, 2.75) is 33.3 Å². The molecule has 1 heterocycles. The van der Waals surface area contributed by atoms with Crippen molar-refractivity contribution < 1.29 is 19.4 Å². The zero-order chi connectivity index (χ0) is 21.2. The quantitative estimate of drug-likeness (QED) is 0.832. The molecule has 0 spiro atoms. The summed E-state index contributed by atoms with van der Waals surface area (Å²) in [7, 11) is 0. The Hall–Kier alpha value is -3.02. The Kier molecular flexibility index (Phi) is 5.82. The summed E-state index contributed by atoms with van der Waals surface area (Å²) in [6.45, 7) is 10.2. The summed E-state index contributed by atoms with van der Waals surface area (Å²) in [5.74, 6) is -0.922. The van der Waals surface area contributed by atoms with Crippen molar-refractivity contribution in [2.24, 2.45) is 0 Å². The van der Waals surface area contributed by atoms with Gasteiger partial charge in [-0.1, -0.05) is 18.2 Å². The lowest BCUT2D eigenvalue weighted by Crippen LogP contribution is -2.50. The van der Waals surface area contributed by atoms with E-state index < -0.39 is 11.6 Å². The van der Waals surface area contributed by atoms with Gasteiger partial charge in [0.1, 0.15) is 5.60 Å². The topological polar surface area (TPSA) is 70.1 Å². The Balaban J connectivity index is 1.66. The zero-order valence-electron chi connectivity index (χ0n) is 17.4. The van der Waals surface area contributed by atoms with Gasteiger partial charge < -0.3 is 19.6 Å². The van der Waals surface area contributed by atoms with E-state index in [1.54, 1.807) is 17.0 Å². The molecule has 1 amide bonds. The van der Waals surface area contributed by atoms with E-state index in [4.69, 9.17) is 4.74 Å². The van der Waals surface area contributed by atoms with Crippen molar-refractivity contribution in [1.82, 2.24) is 4.90 Å². The number of nitrogens with zero attached hydrogens (tertiary/aromatic N) is 2. The van der Waals surface area contributed by atoms with Crippen LogP contribution in [0.15, 0.2) is 42.5 Å². The first-order chi connectivity index (χ1) is 13.6. The van der Waals surface area contributed by atoms with Crippen LogP contribution in [0, 0.1) is 6.92 Å². The molecule has 1 aliphatic rings. The highest BCUT2D eigenvalue weighted by atomic mass is 16.6. The number of aromatic carboxylic acids is 1. The number of rotatable bonds is 3. The Bertz CT molecular complexity index is 892. The van der Waals surface area contributed by atoms with E-state index in [0.717, 1.165) is 35.5 Å². The average molecular weight is 396 g/mol. The zero-order valence-corrected chi connectivity index (χ0v) is 17.4. The molecule has 1 saturated heterocycles. The predicted octanol–water partition coefficient (Wildman–Crippen LogP) is 4.42. The van der Waals surface area contributed by atoms with E-state index in [2.05, 4.69) is 4.90 Å². The highest BCUT2D eigenvalue weighted by molar-refractivity contribution is 5.90.